The molecule has 20 heavy (non-hydrogen) atoms. The second kappa shape index (κ2) is 6.68. The van der Waals surface area contributed by atoms with Gasteiger partial charge in [0.25, 0.3) is 5.91 Å². The molecule has 0 fully saturated rings. The summed E-state index contributed by atoms with van der Waals surface area (Å²) >= 11 is 0. The summed E-state index contributed by atoms with van der Waals surface area (Å²) in [7, 11) is 1.41. The Bertz CT molecular complexity index is 620. The van der Waals surface area contributed by atoms with Crippen LogP contribution in [0.5, 0.6) is 0 Å². The van der Waals surface area contributed by atoms with Crippen LogP contribution in [0.15, 0.2) is 42.5 Å². The van der Waals surface area contributed by atoms with Gasteiger partial charge in [-0.05, 0) is 16.3 Å². The molecule has 0 saturated carbocycles. The van der Waals surface area contributed by atoms with Crippen molar-refractivity contribution in [3.8, 4) is 0 Å². The van der Waals surface area contributed by atoms with E-state index in [0.717, 1.165) is 16.3 Å². The van der Waals surface area contributed by atoms with Crippen molar-refractivity contribution in [2.45, 2.75) is 6.42 Å². The summed E-state index contributed by atoms with van der Waals surface area (Å²) in [5.74, 6) is -0.662. The fourth-order valence-electron chi connectivity index (χ4n) is 1.97. The summed E-state index contributed by atoms with van der Waals surface area (Å²) in [5, 5.41) is 2.12. The molecule has 5 nitrogen and oxygen atoms in total. The lowest BCUT2D eigenvalue weighted by Gasteiger charge is -2.08. The van der Waals surface area contributed by atoms with Crippen LogP contribution >= 0.6 is 0 Å². The molecule has 0 heterocycles. The maximum absolute atomic E-state index is 11.8. The number of amides is 2. The number of nitrogens with one attached hydrogen (secondary N) is 2. The first-order valence-corrected chi connectivity index (χ1v) is 6.24. The van der Waals surface area contributed by atoms with Gasteiger partial charge in [0.1, 0.15) is 6.61 Å². The Balaban J connectivity index is 2.01. The standard InChI is InChI=1S/C15H16N2O3/c1-20-10-15(19)17-16-14(18)9-12-7-4-6-11-5-2-3-8-13(11)12/h2-8H,9-10H2,1H3,(H,16,18)(H,17,19). The highest BCUT2D eigenvalue weighted by molar-refractivity contribution is 5.90. The zero-order valence-corrected chi connectivity index (χ0v) is 11.2. The minimum absolute atomic E-state index is 0.0887. The van der Waals surface area contributed by atoms with Crippen LogP contribution in [0.2, 0.25) is 0 Å². The van der Waals surface area contributed by atoms with Gasteiger partial charge in [0.05, 0.1) is 6.42 Å². The van der Waals surface area contributed by atoms with Gasteiger partial charge >= 0.3 is 0 Å². The van der Waals surface area contributed by atoms with Crippen molar-refractivity contribution in [2.75, 3.05) is 13.7 Å². The number of fused-ring (bicyclic) bond motifs is 1. The van der Waals surface area contributed by atoms with Gasteiger partial charge in [-0.1, -0.05) is 42.5 Å². The van der Waals surface area contributed by atoms with Gasteiger partial charge in [-0.15, -0.1) is 0 Å². The zero-order chi connectivity index (χ0) is 14.4. The van der Waals surface area contributed by atoms with Crippen LogP contribution in [0.25, 0.3) is 10.8 Å². The molecule has 104 valence electrons. The number of carbonyl (C=O) groups excluding carboxylic acids is 2. The molecule has 5 heteroatoms. The number of hydrogen-bond acceptors (Lipinski definition) is 3. The second-order valence-electron chi connectivity index (χ2n) is 4.34. The van der Waals surface area contributed by atoms with Gasteiger partial charge < -0.3 is 4.74 Å². The summed E-state index contributed by atoms with van der Waals surface area (Å²) in [4.78, 5) is 23.0. The molecule has 2 aromatic carbocycles. The number of methoxy groups -OCH3 is 1. The van der Waals surface area contributed by atoms with Gasteiger partial charge in [0.15, 0.2) is 0 Å². The molecule has 0 aliphatic carbocycles. The topological polar surface area (TPSA) is 67.4 Å². The Kier molecular flexibility index (Phi) is 4.68. The molecule has 0 spiro atoms. The molecule has 0 aliphatic rings. The first kappa shape index (κ1) is 14.0. The quantitative estimate of drug-likeness (QED) is 0.821. The number of ether oxygens (including phenoxy) is 1. The highest BCUT2D eigenvalue weighted by atomic mass is 16.5. The van der Waals surface area contributed by atoms with Crippen molar-refractivity contribution in [3.63, 3.8) is 0 Å². The summed E-state index contributed by atoms with van der Waals surface area (Å²) in [6.45, 7) is -0.0887. The van der Waals surface area contributed by atoms with Crippen LogP contribution in [0.4, 0.5) is 0 Å². The fraction of sp³-hybridized carbons (Fsp3) is 0.200. The Morgan fingerprint density at radius 2 is 1.70 bits per heavy atom. The molecule has 2 aromatic rings. The maximum Gasteiger partial charge on any atom is 0.264 e. The van der Waals surface area contributed by atoms with E-state index >= 15 is 0 Å². The van der Waals surface area contributed by atoms with Crippen molar-refractivity contribution >= 4 is 22.6 Å². The number of carbonyl (C=O) groups is 2. The van der Waals surface area contributed by atoms with Crippen molar-refractivity contribution in [2.24, 2.45) is 0 Å². The van der Waals surface area contributed by atoms with E-state index in [1.165, 1.54) is 7.11 Å². The van der Waals surface area contributed by atoms with E-state index in [4.69, 9.17) is 0 Å². The van der Waals surface area contributed by atoms with Crippen LogP contribution in [0.3, 0.4) is 0 Å². The lowest BCUT2D eigenvalue weighted by Crippen LogP contribution is -2.43. The normalized spacial score (nSPS) is 10.2. The highest BCUT2D eigenvalue weighted by Gasteiger charge is 2.07. The summed E-state index contributed by atoms with van der Waals surface area (Å²) in [5.41, 5.74) is 5.57. The van der Waals surface area contributed by atoms with E-state index in [2.05, 4.69) is 15.6 Å². The van der Waals surface area contributed by atoms with E-state index < -0.39 is 5.91 Å². The predicted octanol–water partition coefficient (Wildman–Crippen LogP) is 1.18. The molecule has 0 saturated heterocycles. The number of benzene rings is 2. The molecule has 0 atom stereocenters. The molecule has 0 bridgehead atoms. The Morgan fingerprint density at radius 1 is 1.00 bits per heavy atom. The van der Waals surface area contributed by atoms with Crippen molar-refractivity contribution < 1.29 is 14.3 Å². The third-order valence-electron chi connectivity index (χ3n) is 2.85. The predicted molar refractivity (Wildman–Crippen MR) is 75.8 cm³/mol. The van der Waals surface area contributed by atoms with E-state index in [0.29, 0.717) is 0 Å². The third-order valence-corrected chi connectivity index (χ3v) is 2.85. The van der Waals surface area contributed by atoms with E-state index in [9.17, 15) is 9.59 Å². The zero-order valence-electron chi connectivity index (χ0n) is 11.2. The number of hydrazine groups is 1. The first-order valence-electron chi connectivity index (χ1n) is 6.24. The monoisotopic (exact) mass is 272 g/mol. The van der Waals surface area contributed by atoms with Gasteiger partial charge in [-0.25, -0.2) is 0 Å². The molecule has 2 rings (SSSR count). The summed E-state index contributed by atoms with van der Waals surface area (Å²) in [6, 6.07) is 13.7. The number of rotatable bonds is 4. The van der Waals surface area contributed by atoms with Gasteiger partial charge in [-0.2, -0.15) is 0 Å². The lowest BCUT2D eigenvalue weighted by molar-refractivity contribution is -0.130. The van der Waals surface area contributed by atoms with E-state index in [1.54, 1.807) is 0 Å². The molecule has 0 radical (unpaired) electrons. The SMILES string of the molecule is COCC(=O)NNC(=O)Cc1cccc2ccccc12. The minimum atomic E-state index is -0.390. The fourth-order valence-corrected chi connectivity index (χ4v) is 1.97. The van der Waals surface area contributed by atoms with Crippen LogP contribution in [0, 0.1) is 0 Å². The Morgan fingerprint density at radius 3 is 2.50 bits per heavy atom. The molecule has 0 aromatic heterocycles. The van der Waals surface area contributed by atoms with Gasteiger partial charge in [0.2, 0.25) is 5.91 Å². The van der Waals surface area contributed by atoms with E-state index in [-0.39, 0.29) is 18.9 Å². The summed E-state index contributed by atoms with van der Waals surface area (Å²) < 4.78 is 4.65. The van der Waals surface area contributed by atoms with Gasteiger partial charge in [0, 0.05) is 7.11 Å². The van der Waals surface area contributed by atoms with Crippen LogP contribution in [-0.4, -0.2) is 25.5 Å². The van der Waals surface area contributed by atoms with Crippen molar-refractivity contribution in [1.82, 2.24) is 10.9 Å². The van der Waals surface area contributed by atoms with Crippen LogP contribution in [0.1, 0.15) is 5.56 Å². The van der Waals surface area contributed by atoms with Crippen molar-refractivity contribution in [3.05, 3.63) is 48.0 Å². The third kappa shape index (κ3) is 3.55. The molecule has 2 amide bonds. The van der Waals surface area contributed by atoms with Crippen LogP contribution in [-0.2, 0) is 20.7 Å². The first-order chi connectivity index (χ1) is 9.70. The molecular formula is C15H16N2O3. The maximum atomic E-state index is 11.8. The Hall–Kier alpha value is -2.40. The number of hydrogen-bond donors (Lipinski definition) is 2. The smallest absolute Gasteiger partial charge is 0.264 e. The minimum Gasteiger partial charge on any atom is -0.375 e. The lowest BCUT2D eigenvalue weighted by atomic mass is 10.0. The largest absolute Gasteiger partial charge is 0.375 e. The highest BCUT2D eigenvalue weighted by Crippen LogP contribution is 2.18. The molecule has 0 aliphatic heterocycles. The average molecular weight is 272 g/mol. The second-order valence-corrected chi connectivity index (χ2v) is 4.34. The molecule has 0 unspecified atom stereocenters. The molecular weight excluding hydrogens is 256 g/mol. The van der Waals surface area contributed by atoms with Crippen LogP contribution < -0.4 is 10.9 Å². The molecule has 2 N–H and O–H groups in total. The van der Waals surface area contributed by atoms with E-state index in [1.807, 2.05) is 42.5 Å². The van der Waals surface area contributed by atoms with Gasteiger partial charge in [-0.3, -0.25) is 20.4 Å². The van der Waals surface area contributed by atoms with Crippen molar-refractivity contribution in [1.29, 1.82) is 0 Å². The Labute approximate surface area is 116 Å². The summed E-state index contributed by atoms with van der Waals surface area (Å²) in [6.07, 6.45) is 0.203. The average Bonchev–Trinajstić information content (AvgIpc) is 2.46.